The highest BCUT2D eigenvalue weighted by Gasteiger charge is 2.24. The van der Waals surface area contributed by atoms with E-state index in [-0.39, 0.29) is 6.42 Å². The van der Waals surface area contributed by atoms with E-state index in [9.17, 15) is 22.8 Å². The lowest BCUT2D eigenvalue weighted by molar-refractivity contribution is -0.139. The van der Waals surface area contributed by atoms with E-state index in [0.29, 0.717) is 18.6 Å². The van der Waals surface area contributed by atoms with Crippen LogP contribution in [0.5, 0.6) is 0 Å². The Morgan fingerprint density at radius 1 is 1.26 bits per heavy atom. The summed E-state index contributed by atoms with van der Waals surface area (Å²) in [7, 11) is 0. The van der Waals surface area contributed by atoms with Crippen LogP contribution in [0.25, 0.3) is 0 Å². The van der Waals surface area contributed by atoms with Gasteiger partial charge >= 0.3 is 5.97 Å². The molecule has 0 aromatic heterocycles. The second-order valence-corrected chi connectivity index (χ2v) is 3.90. The Bertz CT molecular complexity index is 482. The molecule has 4 nitrogen and oxygen atoms in total. The van der Waals surface area contributed by atoms with Crippen molar-refractivity contribution in [1.82, 2.24) is 5.32 Å². The number of halogens is 3. The summed E-state index contributed by atoms with van der Waals surface area (Å²) < 4.78 is 39.3. The number of aliphatic carboxylic acids is 1. The molecule has 0 saturated carbocycles. The Morgan fingerprint density at radius 3 is 2.21 bits per heavy atom. The van der Waals surface area contributed by atoms with Gasteiger partial charge in [-0.25, -0.2) is 18.0 Å². The summed E-state index contributed by atoms with van der Waals surface area (Å²) >= 11 is 0. The molecule has 1 rings (SSSR count). The van der Waals surface area contributed by atoms with Gasteiger partial charge in [0.15, 0.2) is 0 Å². The smallest absolute Gasteiger partial charge is 0.326 e. The van der Waals surface area contributed by atoms with E-state index in [2.05, 4.69) is 0 Å². The zero-order valence-electron chi connectivity index (χ0n) is 10.0. The summed E-state index contributed by atoms with van der Waals surface area (Å²) in [5.41, 5.74) is -0.997. The molecule has 0 aliphatic carbocycles. The van der Waals surface area contributed by atoms with Gasteiger partial charge in [-0.05, 0) is 6.42 Å². The summed E-state index contributed by atoms with van der Waals surface area (Å²) in [5.74, 6) is -6.45. The number of hydrogen-bond acceptors (Lipinski definition) is 2. The Morgan fingerprint density at radius 2 is 1.79 bits per heavy atom. The molecule has 0 heterocycles. The van der Waals surface area contributed by atoms with Crippen LogP contribution in [0, 0.1) is 17.5 Å². The van der Waals surface area contributed by atoms with E-state index in [1.807, 2.05) is 5.32 Å². The molecule has 2 N–H and O–H groups in total. The van der Waals surface area contributed by atoms with Crippen LogP contribution in [0.4, 0.5) is 13.2 Å². The molecule has 1 aromatic rings. The van der Waals surface area contributed by atoms with Crippen molar-refractivity contribution in [3.05, 3.63) is 35.1 Å². The predicted molar refractivity (Wildman–Crippen MR) is 60.1 cm³/mol. The molecule has 0 bridgehead atoms. The summed E-state index contributed by atoms with van der Waals surface area (Å²) in [5, 5.41) is 10.8. The molecule has 0 saturated heterocycles. The number of carbonyl (C=O) groups excluding carboxylic acids is 1. The van der Waals surface area contributed by atoms with E-state index < -0.39 is 40.9 Å². The highest BCUT2D eigenvalue weighted by Crippen LogP contribution is 2.15. The first-order chi connectivity index (χ1) is 8.86. The molecule has 19 heavy (non-hydrogen) atoms. The summed E-state index contributed by atoms with van der Waals surface area (Å²) in [6, 6.07) is -0.539. The molecule has 7 heteroatoms. The van der Waals surface area contributed by atoms with Crippen molar-refractivity contribution in [2.75, 3.05) is 0 Å². The normalized spacial score (nSPS) is 12.0. The summed E-state index contributed by atoms with van der Waals surface area (Å²) in [6.45, 7) is 1.70. The molecule has 0 unspecified atom stereocenters. The van der Waals surface area contributed by atoms with Crippen molar-refractivity contribution in [2.24, 2.45) is 0 Å². The van der Waals surface area contributed by atoms with E-state index in [1.54, 1.807) is 6.92 Å². The lowest BCUT2D eigenvalue weighted by atomic mass is 10.1. The number of carboxylic acid groups (broad SMARTS) is 1. The van der Waals surface area contributed by atoms with Crippen molar-refractivity contribution >= 4 is 11.9 Å². The summed E-state index contributed by atoms with van der Waals surface area (Å²) in [4.78, 5) is 22.4. The van der Waals surface area contributed by atoms with Gasteiger partial charge in [0.05, 0.1) is 0 Å². The number of amides is 1. The van der Waals surface area contributed by atoms with E-state index >= 15 is 0 Å². The van der Waals surface area contributed by atoms with E-state index in [1.165, 1.54) is 0 Å². The Balaban J connectivity index is 2.98. The third kappa shape index (κ3) is 3.70. The average Bonchev–Trinajstić information content (AvgIpc) is 2.26. The average molecular weight is 275 g/mol. The maximum atomic E-state index is 13.3. The molecule has 1 amide bonds. The third-order valence-electron chi connectivity index (χ3n) is 2.41. The van der Waals surface area contributed by atoms with Crippen molar-refractivity contribution < 1.29 is 27.9 Å². The van der Waals surface area contributed by atoms with Crippen molar-refractivity contribution in [2.45, 2.75) is 25.8 Å². The quantitative estimate of drug-likeness (QED) is 0.864. The zero-order chi connectivity index (χ0) is 14.6. The van der Waals surface area contributed by atoms with Gasteiger partial charge in [-0.15, -0.1) is 0 Å². The number of carbonyl (C=O) groups is 2. The number of hydrogen-bond donors (Lipinski definition) is 2. The monoisotopic (exact) mass is 275 g/mol. The number of benzene rings is 1. The van der Waals surface area contributed by atoms with Crippen LogP contribution < -0.4 is 5.32 Å². The van der Waals surface area contributed by atoms with E-state index in [0.717, 1.165) is 0 Å². The maximum absolute atomic E-state index is 13.3. The van der Waals surface area contributed by atoms with Crippen LogP contribution in [-0.2, 0) is 4.79 Å². The molecule has 1 aromatic carbocycles. The molecular formula is C12H12F3NO3. The largest absolute Gasteiger partial charge is 0.480 e. The SMILES string of the molecule is CCC[C@H](NC(=O)c1c(F)cc(F)cc1F)C(=O)O. The third-order valence-corrected chi connectivity index (χ3v) is 2.41. The van der Waals surface area contributed by atoms with Gasteiger partial charge in [-0.1, -0.05) is 13.3 Å². The molecule has 0 aliphatic rings. The van der Waals surface area contributed by atoms with Gasteiger partial charge in [0.2, 0.25) is 0 Å². The minimum atomic E-state index is -1.38. The second-order valence-electron chi connectivity index (χ2n) is 3.90. The van der Waals surface area contributed by atoms with Gasteiger partial charge < -0.3 is 10.4 Å². The van der Waals surface area contributed by atoms with Gasteiger partial charge in [0.1, 0.15) is 29.1 Å². The summed E-state index contributed by atoms with van der Waals surface area (Å²) in [6.07, 6.45) is 0.580. The molecule has 0 fully saturated rings. The van der Waals surface area contributed by atoms with E-state index in [4.69, 9.17) is 5.11 Å². The lowest BCUT2D eigenvalue weighted by Crippen LogP contribution is -2.41. The molecule has 0 spiro atoms. The van der Waals surface area contributed by atoms with Gasteiger partial charge in [-0.2, -0.15) is 0 Å². The highest BCUT2D eigenvalue weighted by atomic mass is 19.1. The van der Waals surface area contributed by atoms with Gasteiger partial charge in [-0.3, -0.25) is 4.79 Å². The first kappa shape index (κ1) is 15.0. The van der Waals surface area contributed by atoms with Crippen molar-refractivity contribution in [3.8, 4) is 0 Å². The lowest BCUT2D eigenvalue weighted by Gasteiger charge is -2.14. The highest BCUT2D eigenvalue weighted by molar-refractivity contribution is 5.97. The molecule has 104 valence electrons. The van der Waals surface area contributed by atoms with Crippen LogP contribution in [0.2, 0.25) is 0 Å². The Labute approximate surface area is 107 Å². The first-order valence-electron chi connectivity index (χ1n) is 5.55. The van der Waals surface area contributed by atoms with Crippen molar-refractivity contribution in [1.29, 1.82) is 0 Å². The number of carboxylic acids is 1. The maximum Gasteiger partial charge on any atom is 0.326 e. The molecule has 1 atom stereocenters. The Hall–Kier alpha value is -2.05. The first-order valence-corrected chi connectivity index (χ1v) is 5.55. The predicted octanol–water partition coefficient (Wildman–Crippen LogP) is 2.09. The number of nitrogens with one attached hydrogen (secondary N) is 1. The second kappa shape index (κ2) is 6.21. The minimum Gasteiger partial charge on any atom is -0.480 e. The molecule has 0 aliphatic heterocycles. The van der Waals surface area contributed by atoms with Crippen LogP contribution in [0.3, 0.4) is 0 Å². The van der Waals surface area contributed by atoms with Crippen LogP contribution in [0.1, 0.15) is 30.1 Å². The van der Waals surface area contributed by atoms with Gasteiger partial charge in [0.25, 0.3) is 5.91 Å². The minimum absolute atomic E-state index is 0.117. The van der Waals surface area contributed by atoms with Gasteiger partial charge in [0, 0.05) is 12.1 Å². The van der Waals surface area contributed by atoms with Crippen LogP contribution in [-0.4, -0.2) is 23.0 Å². The standard InChI is InChI=1S/C12H12F3NO3/c1-2-3-9(12(18)19)16-11(17)10-7(14)4-6(13)5-8(10)15/h4-5,9H,2-3H2,1H3,(H,16,17)(H,18,19)/t9-/m0/s1. The fourth-order valence-corrected chi connectivity index (χ4v) is 1.54. The van der Waals surface area contributed by atoms with Crippen LogP contribution >= 0.6 is 0 Å². The zero-order valence-corrected chi connectivity index (χ0v) is 10.0. The van der Waals surface area contributed by atoms with Crippen LogP contribution in [0.15, 0.2) is 12.1 Å². The Kier molecular flexibility index (Phi) is 4.91. The molecular weight excluding hydrogens is 263 g/mol. The number of rotatable bonds is 5. The van der Waals surface area contributed by atoms with Crippen molar-refractivity contribution in [3.63, 3.8) is 0 Å². The fraction of sp³-hybridized carbons (Fsp3) is 0.333. The fourth-order valence-electron chi connectivity index (χ4n) is 1.54. The topological polar surface area (TPSA) is 66.4 Å². The molecule has 0 radical (unpaired) electrons.